The molecule has 120 valence electrons. The molecule has 1 aliphatic carbocycles. The fourth-order valence-electron chi connectivity index (χ4n) is 2.74. The molecule has 1 saturated carbocycles. The molecule has 0 bridgehead atoms. The van der Waals surface area contributed by atoms with Crippen molar-refractivity contribution >= 4 is 17.6 Å². The fourth-order valence-corrected chi connectivity index (χ4v) is 2.89. The van der Waals surface area contributed by atoms with Gasteiger partial charge in [0.25, 0.3) is 0 Å². The zero-order valence-electron chi connectivity index (χ0n) is 12.4. The summed E-state index contributed by atoms with van der Waals surface area (Å²) in [5, 5.41) is 13.7. The van der Waals surface area contributed by atoms with Crippen molar-refractivity contribution in [3.8, 4) is 6.07 Å². The molecular weight excluding hydrogens is 318 g/mol. The van der Waals surface area contributed by atoms with E-state index in [4.69, 9.17) is 26.0 Å². The molecule has 2 heterocycles. The van der Waals surface area contributed by atoms with Crippen LogP contribution in [0.1, 0.15) is 42.0 Å². The van der Waals surface area contributed by atoms with Crippen LogP contribution in [-0.2, 0) is 11.3 Å². The highest BCUT2D eigenvalue weighted by Gasteiger charge is 2.29. The van der Waals surface area contributed by atoms with Crippen LogP contribution >= 0.6 is 11.6 Å². The molecule has 2 aromatic rings. The second kappa shape index (κ2) is 6.88. The summed E-state index contributed by atoms with van der Waals surface area (Å²) < 4.78 is 12.6. The highest BCUT2D eigenvalue weighted by Crippen LogP contribution is 2.27. The average Bonchev–Trinajstić information content (AvgIpc) is 3.17. The van der Waals surface area contributed by atoms with E-state index in [1.54, 1.807) is 23.0 Å². The molecule has 0 N–H and O–H groups in total. The van der Waals surface area contributed by atoms with E-state index in [1.165, 1.54) is 6.20 Å². The smallest absolute Gasteiger partial charge is 0.374 e. The van der Waals surface area contributed by atoms with Gasteiger partial charge in [-0.25, -0.2) is 4.79 Å². The second-order valence-corrected chi connectivity index (χ2v) is 6.02. The van der Waals surface area contributed by atoms with Gasteiger partial charge in [-0.15, -0.1) is 0 Å². The third-order valence-corrected chi connectivity index (χ3v) is 4.10. The minimum atomic E-state index is -0.526. The number of furan rings is 1. The molecule has 0 saturated heterocycles. The number of hydrogen-bond acceptors (Lipinski definition) is 5. The minimum absolute atomic E-state index is 0.139. The number of nitriles is 1. The van der Waals surface area contributed by atoms with Crippen molar-refractivity contribution in [2.24, 2.45) is 5.92 Å². The number of esters is 1. The van der Waals surface area contributed by atoms with Crippen molar-refractivity contribution in [2.45, 2.75) is 38.3 Å². The number of aromatic nitrogens is 2. The summed E-state index contributed by atoms with van der Waals surface area (Å²) in [6.45, 7) is 0.379. The summed E-state index contributed by atoms with van der Waals surface area (Å²) in [6, 6.07) is 5.50. The van der Waals surface area contributed by atoms with Gasteiger partial charge in [0, 0.05) is 6.20 Å². The van der Waals surface area contributed by atoms with Crippen LogP contribution in [-0.4, -0.2) is 21.9 Å². The van der Waals surface area contributed by atoms with E-state index in [0.717, 1.165) is 25.7 Å². The number of hydrogen-bond donors (Lipinski definition) is 0. The Morgan fingerprint density at radius 1 is 1.48 bits per heavy atom. The highest BCUT2D eigenvalue weighted by molar-refractivity contribution is 6.30. The summed E-state index contributed by atoms with van der Waals surface area (Å²) in [5.74, 6) is -0.0343. The summed E-state index contributed by atoms with van der Waals surface area (Å²) >= 11 is 5.80. The Kier molecular flexibility index (Phi) is 4.68. The van der Waals surface area contributed by atoms with Gasteiger partial charge in [0.1, 0.15) is 11.9 Å². The lowest BCUT2D eigenvalue weighted by molar-refractivity contribution is 0.00735. The van der Waals surface area contributed by atoms with E-state index >= 15 is 0 Å². The molecule has 0 aliphatic heterocycles. The first kappa shape index (κ1) is 15.6. The van der Waals surface area contributed by atoms with Gasteiger partial charge in [-0.05, 0) is 31.4 Å². The zero-order chi connectivity index (χ0) is 16.2. The number of carbonyl (C=O) groups excluding carboxylic acids is 1. The van der Waals surface area contributed by atoms with Crippen molar-refractivity contribution in [1.29, 1.82) is 5.26 Å². The molecule has 1 fully saturated rings. The van der Waals surface area contributed by atoms with Crippen LogP contribution in [0.15, 0.2) is 28.9 Å². The minimum Gasteiger partial charge on any atom is -0.455 e. The molecule has 0 amide bonds. The van der Waals surface area contributed by atoms with Gasteiger partial charge >= 0.3 is 5.97 Å². The summed E-state index contributed by atoms with van der Waals surface area (Å²) in [7, 11) is 0. The van der Waals surface area contributed by atoms with E-state index in [2.05, 4.69) is 11.2 Å². The van der Waals surface area contributed by atoms with E-state index in [-0.39, 0.29) is 17.8 Å². The van der Waals surface area contributed by atoms with E-state index in [1.807, 2.05) is 0 Å². The zero-order valence-corrected chi connectivity index (χ0v) is 13.2. The molecule has 0 aromatic carbocycles. The van der Waals surface area contributed by atoms with Gasteiger partial charge < -0.3 is 9.15 Å². The molecule has 2 unspecified atom stereocenters. The molecule has 3 rings (SSSR count). The molecule has 0 spiro atoms. The lowest BCUT2D eigenvalue weighted by Gasteiger charge is -2.25. The van der Waals surface area contributed by atoms with Crippen LogP contribution < -0.4 is 0 Å². The summed E-state index contributed by atoms with van der Waals surface area (Å²) in [6.07, 6.45) is 6.33. The Bertz CT molecular complexity index is 731. The Morgan fingerprint density at radius 2 is 2.30 bits per heavy atom. The van der Waals surface area contributed by atoms with Crippen LogP contribution in [0.3, 0.4) is 0 Å². The Labute approximate surface area is 138 Å². The lowest BCUT2D eigenvalue weighted by atomic mass is 9.87. The standard InChI is InChI=1S/C16H16ClN3O3/c17-12-8-19-20(9-12)10-13-5-6-15(22-13)16(21)23-14-4-2-1-3-11(14)7-18/h5-6,8-9,11,14H,1-4,10H2. The van der Waals surface area contributed by atoms with Crippen LogP contribution in [0.4, 0.5) is 0 Å². The molecular formula is C16H16ClN3O3. The first-order valence-corrected chi connectivity index (χ1v) is 7.91. The summed E-state index contributed by atoms with van der Waals surface area (Å²) in [5.41, 5.74) is 0. The van der Waals surface area contributed by atoms with Crippen molar-refractivity contribution in [3.63, 3.8) is 0 Å². The SMILES string of the molecule is N#CC1CCCCC1OC(=O)c1ccc(Cn2cc(Cl)cn2)o1. The first-order valence-electron chi connectivity index (χ1n) is 7.53. The van der Waals surface area contributed by atoms with Crippen LogP contribution in [0.5, 0.6) is 0 Å². The Balaban J connectivity index is 1.63. The van der Waals surface area contributed by atoms with Crippen LogP contribution in [0.2, 0.25) is 5.02 Å². The molecule has 7 heteroatoms. The predicted octanol–water partition coefficient (Wildman–Crippen LogP) is 3.42. The number of ether oxygens (including phenoxy) is 1. The third-order valence-electron chi connectivity index (χ3n) is 3.91. The van der Waals surface area contributed by atoms with Crippen molar-refractivity contribution in [1.82, 2.24) is 9.78 Å². The van der Waals surface area contributed by atoms with Gasteiger partial charge in [-0.2, -0.15) is 10.4 Å². The largest absolute Gasteiger partial charge is 0.455 e. The second-order valence-electron chi connectivity index (χ2n) is 5.59. The monoisotopic (exact) mass is 333 g/mol. The lowest BCUT2D eigenvalue weighted by Crippen LogP contribution is -2.29. The number of rotatable bonds is 4. The van der Waals surface area contributed by atoms with Gasteiger partial charge in [0.2, 0.25) is 5.76 Å². The van der Waals surface area contributed by atoms with Crippen molar-refractivity contribution in [2.75, 3.05) is 0 Å². The fraction of sp³-hybridized carbons (Fsp3) is 0.438. The van der Waals surface area contributed by atoms with Crippen molar-refractivity contribution < 1.29 is 13.9 Å². The third kappa shape index (κ3) is 3.74. The van der Waals surface area contributed by atoms with Gasteiger partial charge in [0.15, 0.2) is 0 Å². The van der Waals surface area contributed by atoms with Crippen LogP contribution in [0, 0.1) is 17.2 Å². The van der Waals surface area contributed by atoms with Gasteiger partial charge in [0.05, 0.1) is 29.8 Å². The summed E-state index contributed by atoms with van der Waals surface area (Å²) in [4.78, 5) is 12.2. The van der Waals surface area contributed by atoms with Gasteiger partial charge in [-0.1, -0.05) is 18.0 Å². The maximum atomic E-state index is 12.2. The van der Waals surface area contributed by atoms with E-state index in [9.17, 15) is 4.79 Å². The quantitative estimate of drug-likeness (QED) is 0.801. The molecule has 2 atom stereocenters. The predicted molar refractivity (Wildman–Crippen MR) is 81.8 cm³/mol. The maximum Gasteiger partial charge on any atom is 0.374 e. The van der Waals surface area contributed by atoms with Crippen LogP contribution in [0.25, 0.3) is 0 Å². The first-order chi connectivity index (χ1) is 11.2. The molecule has 6 nitrogen and oxygen atoms in total. The molecule has 23 heavy (non-hydrogen) atoms. The number of halogens is 1. The average molecular weight is 334 g/mol. The Morgan fingerprint density at radius 3 is 3.04 bits per heavy atom. The highest BCUT2D eigenvalue weighted by atomic mass is 35.5. The van der Waals surface area contributed by atoms with E-state index in [0.29, 0.717) is 17.3 Å². The van der Waals surface area contributed by atoms with Crippen molar-refractivity contribution in [3.05, 3.63) is 41.1 Å². The topological polar surface area (TPSA) is 81.0 Å². The van der Waals surface area contributed by atoms with Gasteiger partial charge in [-0.3, -0.25) is 4.68 Å². The maximum absolute atomic E-state index is 12.2. The Hall–Kier alpha value is -2.26. The normalized spacial score (nSPS) is 20.9. The number of carbonyl (C=O) groups is 1. The molecule has 1 aliphatic rings. The molecule has 0 radical (unpaired) electrons. The van der Waals surface area contributed by atoms with E-state index < -0.39 is 5.97 Å². The molecule has 2 aromatic heterocycles. The number of nitrogens with zero attached hydrogens (tertiary/aromatic N) is 3.